The van der Waals surface area contributed by atoms with Crippen molar-refractivity contribution in [1.82, 2.24) is 15.5 Å². The molecule has 4 nitrogen and oxygen atoms in total. The second kappa shape index (κ2) is 10.7. The first kappa shape index (κ1) is 23.9. The molecule has 4 unspecified atom stereocenters. The van der Waals surface area contributed by atoms with Crippen LogP contribution in [0.3, 0.4) is 0 Å². The molecule has 0 radical (unpaired) electrons. The van der Waals surface area contributed by atoms with Gasteiger partial charge in [-0.3, -0.25) is 0 Å². The van der Waals surface area contributed by atoms with E-state index in [-0.39, 0.29) is 17.7 Å². The minimum absolute atomic E-state index is 0.0589. The number of ether oxygens (including phenoxy) is 1. The molecular formula is C27H43N3O. The number of fused-ring (bicyclic) bond motifs is 1. The van der Waals surface area contributed by atoms with E-state index in [1.165, 1.54) is 24.0 Å². The molecule has 31 heavy (non-hydrogen) atoms. The van der Waals surface area contributed by atoms with Crippen molar-refractivity contribution in [3.8, 4) is 0 Å². The molecule has 0 aromatic heterocycles. The minimum Gasteiger partial charge on any atom is -0.380 e. The second-order valence-electron chi connectivity index (χ2n) is 9.42. The topological polar surface area (TPSA) is 36.5 Å². The van der Waals surface area contributed by atoms with Crippen LogP contribution in [0.25, 0.3) is 0 Å². The third kappa shape index (κ3) is 5.01. The van der Waals surface area contributed by atoms with Crippen LogP contribution in [0.15, 0.2) is 49.3 Å². The van der Waals surface area contributed by atoms with E-state index in [4.69, 9.17) is 4.74 Å². The van der Waals surface area contributed by atoms with Crippen molar-refractivity contribution < 1.29 is 4.74 Å². The van der Waals surface area contributed by atoms with Crippen LogP contribution in [0.4, 0.5) is 0 Å². The molecule has 0 spiro atoms. The Morgan fingerprint density at radius 3 is 2.74 bits per heavy atom. The molecular weight excluding hydrogens is 382 g/mol. The van der Waals surface area contributed by atoms with Crippen molar-refractivity contribution in [2.24, 2.45) is 5.41 Å². The highest BCUT2D eigenvalue weighted by atomic mass is 16.5. The number of hydrogen-bond donors (Lipinski definition) is 2. The number of nitrogens with one attached hydrogen (secondary N) is 2. The van der Waals surface area contributed by atoms with Gasteiger partial charge in [0.15, 0.2) is 0 Å². The summed E-state index contributed by atoms with van der Waals surface area (Å²) in [7, 11) is 2.00. The van der Waals surface area contributed by atoms with Gasteiger partial charge in [0.25, 0.3) is 0 Å². The third-order valence-corrected chi connectivity index (χ3v) is 7.82. The number of benzene rings is 1. The fourth-order valence-corrected chi connectivity index (χ4v) is 5.62. The lowest BCUT2D eigenvalue weighted by Gasteiger charge is -2.40. The van der Waals surface area contributed by atoms with Crippen LogP contribution < -0.4 is 10.6 Å². The lowest BCUT2D eigenvalue weighted by Crippen LogP contribution is -2.44. The maximum Gasteiger partial charge on any atom is 0.130 e. The molecule has 1 aromatic carbocycles. The first-order valence-corrected chi connectivity index (χ1v) is 12.2. The predicted octanol–water partition coefficient (Wildman–Crippen LogP) is 5.53. The van der Waals surface area contributed by atoms with Gasteiger partial charge in [0, 0.05) is 23.6 Å². The first-order valence-electron chi connectivity index (χ1n) is 12.2. The van der Waals surface area contributed by atoms with E-state index in [0.29, 0.717) is 12.1 Å². The number of rotatable bonds is 11. The molecule has 1 aromatic rings. The highest BCUT2D eigenvalue weighted by molar-refractivity contribution is 5.33. The normalized spacial score (nSPS) is 25.7. The molecule has 3 rings (SSSR count). The number of nitrogens with zero attached hydrogens (tertiary/aromatic N) is 1. The molecule has 0 amide bonds. The maximum absolute atomic E-state index is 6.41. The minimum atomic E-state index is 0.0589. The lowest BCUT2D eigenvalue weighted by molar-refractivity contribution is -0.0244. The summed E-state index contributed by atoms with van der Waals surface area (Å²) in [5.41, 5.74) is 4.17. The van der Waals surface area contributed by atoms with Crippen molar-refractivity contribution >= 4 is 0 Å². The maximum atomic E-state index is 6.41. The molecule has 4 heteroatoms. The quantitative estimate of drug-likeness (QED) is 0.489. The SMILES string of the molecule is C=CN1C(OCCC(C)NC)CC(CC)(CC)C1C(=C)NC1CCCc2ccccc21. The summed E-state index contributed by atoms with van der Waals surface area (Å²) in [6.45, 7) is 16.3. The van der Waals surface area contributed by atoms with E-state index >= 15 is 0 Å². The molecule has 0 saturated carbocycles. The Kier molecular flexibility index (Phi) is 8.23. The van der Waals surface area contributed by atoms with Gasteiger partial charge in [-0.1, -0.05) is 51.3 Å². The summed E-state index contributed by atoms with van der Waals surface area (Å²) in [5, 5.41) is 7.16. The summed E-state index contributed by atoms with van der Waals surface area (Å²) in [6.07, 6.45) is 9.83. The van der Waals surface area contributed by atoms with Crippen LogP contribution in [0, 0.1) is 5.41 Å². The Morgan fingerprint density at radius 2 is 2.06 bits per heavy atom. The number of hydrogen-bond acceptors (Lipinski definition) is 4. The van der Waals surface area contributed by atoms with Gasteiger partial charge in [0.1, 0.15) is 6.23 Å². The van der Waals surface area contributed by atoms with Gasteiger partial charge in [0.05, 0.1) is 18.7 Å². The van der Waals surface area contributed by atoms with Crippen molar-refractivity contribution in [3.05, 3.63) is 60.4 Å². The average Bonchev–Trinajstić information content (AvgIpc) is 3.13. The zero-order valence-electron chi connectivity index (χ0n) is 20.1. The van der Waals surface area contributed by atoms with Crippen molar-refractivity contribution in [2.45, 2.75) is 90.1 Å². The van der Waals surface area contributed by atoms with Gasteiger partial charge in [-0.15, -0.1) is 0 Å². The van der Waals surface area contributed by atoms with Crippen LogP contribution in [-0.2, 0) is 11.2 Å². The molecule has 1 aliphatic heterocycles. The highest BCUT2D eigenvalue weighted by Gasteiger charge is 2.51. The number of likely N-dealkylation sites (tertiary alicyclic amines) is 1. The van der Waals surface area contributed by atoms with Gasteiger partial charge < -0.3 is 20.3 Å². The van der Waals surface area contributed by atoms with Crippen LogP contribution in [0.2, 0.25) is 0 Å². The van der Waals surface area contributed by atoms with Crippen molar-refractivity contribution in [2.75, 3.05) is 13.7 Å². The van der Waals surface area contributed by atoms with Crippen LogP contribution in [0.1, 0.15) is 76.5 Å². The smallest absolute Gasteiger partial charge is 0.130 e. The van der Waals surface area contributed by atoms with E-state index < -0.39 is 0 Å². The van der Waals surface area contributed by atoms with Crippen molar-refractivity contribution in [3.63, 3.8) is 0 Å². The molecule has 1 aliphatic carbocycles. The average molecular weight is 426 g/mol. The van der Waals surface area contributed by atoms with Crippen LogP contribution in [-0.4, -0.2) is 36.9 Å². The third-order valence-electron chi connectivity index (χ3n) is 7.82. The molecule has 1 saturated heterocycles. The second-order valence-corrected chi connectivity index (χ2v) is 9.42. The van der Waals surface area contributed by atoms with E-state index in [1.54, 1.807) is 0 Å². The molecule has 2 aliphatic rings. The summed E-state index contributed by atoms with van der Waals surface area (Å²) < 4.78 is 6.41. The molecule has 172 valence electrons. The molecule has 1 heterocycles. The van der Waals surface area contributed by atoms with Crippen LogP contribution >= 0.6 is 0 Å². The van der Waals surface area contributed by atoms with Crippen molar-refractivity contribution in [1.29, 1.82) is 0 Å². The Balaban J connectivity index is 1.78. The van der Waals surface area contributed by atoms with E-state index in [9.17, 15) is 0 Å². The fraction of sp³-hybridized carbons (Fsp3) is 0.630. The van der Waals surface area contributed by atoms with E-state index in [2.05, 4.69) is 73.7 Å². The zero-order valence-corrected chi connectivity index (χ0v) is 20.1. The molecule has 0 bridgehead atoms. The summed E-state index contributed by atoms with van der Waals surface area (Å²) in [5.74, 6) is 0. The fourth-order valence-electron chi connectivity index (χ4n) is 5.62. The summed E-state index contributed by atoms with van der Waals surface area (Å²) in [6, 6.07) is 9.86. The lowest BCUT2D eigenvalue weighted by atomic mass is 9.74. The van der Waals surface area contributed by atoms with Gasteiger partial charge in [0.2, 0.25) is 0 Å². The van der Waals surface area contributed by atoms with Gasteiger partial charge in [-0.2, -0.15) is 0 Å². The van der Waals surface area contributed by atoms with Gasteiger partial charge in [-0.25, -0.2) is 0 Å². The largest absolute Gasteiger partial charge is 0.380 e. The Hall–Kier alpha value is -1.78. The Morgan fingerprint density at radius 1 is 1.32 bits per heavy atom. The first-order chi connectivity index (χ1) is 15.0. The van der Waals surface area contributed by atoms with Crippen LogP contribution in [0.5, 0.6) is 0 Å². The molecule has 1 fully saturated rings. The monoisotopic (exact) mass is 425 g/mol. The number of aryl methyl sites for hydroxylation is 1. The zero-order chi connectivity index (χ0) is 22.4. The Labute approximate surface area is 190 Å². The predicted molar refractivity (Wildman–Crippen MR) is 131 cm³/mol. The van der Waals surface area contributed by atoms with E-state index in [0.717, 1.165) is 44.4 Å². The van der Waals surface area contributed by atoms with Gasteiger partial charge >= 0.3 is 0 Å². The highest BCUT2D eigenvalue weighted by Crippen LogP contribution is 2.49. The Bertz CT molecular complexity index is 742. The molecule has 4 atom stereocenters. The summed E-state index contributed by atoms with van der Waals surface area (Å²) >= 11 is 0. The van der Waals surface area contributed by atoms with E-state index in [1.807, 2.05) is 13.2 Å². The molecule has 2 N–H and O–H groups in total. The standard InChI is InChI=1S/C27H43N3O/c1-7-27(8-2)19-25(31-18-17-20(4)28-6)30(9-3)26(27)21(5)29-24-16-12-14-22-13-10-11-15-23(22)24/h9-11,13,15,20,24-26,28-29H,3,5,7-8,12,14,16-19H2,1-2,4,6H3. The van der Waals surface area contributed by atoms with Gasteiger partial charge in [-0.05, 0) is 69.8 Å². The summed E-state index contributed by atoms with van der Waals surface area (Å²) in [4.78, 5) is 2.33.